The van der Waals surface area contributed by atoms with Crippen molar-refractivity contribution in [2.45, 2.75) is 31.0 Å². The maximum absolute atomic E-state index is 13.0. The van der Waals surface area contributed by atoms with Gasteiger partial charge >= 0.3 is 0 Å². The SMILES string of the molecule is Nc1cc(F)ccc1OC1CCOC2(CCSC2)C1. The van der Waals surface area contributed by atoms with E-state index < -0.39 is 0 Å². The molecule has 1 aromatic rings. The van der Waals surface area contributed by atoms with Gasteiger partial charge in [0.15, 0.2) is 0 Å². The third-order valence-corrected chi connectivity index (χ3v) is 5.00. The highest BCUT2D eigenvalue weighted by atomic mass is 32.2. The molecule has 2 N–H and O–H groups in total. The summed E-state index contributed by atoms with van der Waals surface area (Å²) in [5.74, 6) is 2.45. The van der Waals surface area contributed by atoms with Gasteiger partial charge in [0.05, 0.1) is 17.9 Å². The van der Waals surface area contributed by atoms with Crippen molar-refractivity contribution in [2.75, 3.05) is 23.8 Å². The minimum absolute atomic E-state index is 0.0115. The normalized spacial score (nSPS) is 30.7. The van der Waals surface area contributed by atoms with E-state index in [0.717, 1.165) is 37.4 Å². The quantitative estimate of drug-likeness (QED) is 0.848. The fourth-order valence-electron chi connectivity index (χ4n) is 2.75. The molecule has 1 spiro atoms. The van der Waals surface area contributed by atoms with E-state index in [9.17, 15) is 4.39 Å². The van der Waals surface area contributed by atoms with Gasteiger partial charge in [-0.15, -0.1) is 0 Å². The van der Waals surface area contributed by atoms with E-state index in [-0.39, 0.29) is 17.5 Å². The summed E-state index contributed by atoms with van der Waals surface area (Å²) in [5, 5.41) is 0. The van der Waals surface area contributed by atoms with Gasteiger partial charge in [0.1, 0.15) is 17.7 Å². The maximum atomic E-state index is 13.0. The van der Waals surface area contributed by atoms with Crippen LogP contribution >= 0.6 is 11.8 Å². The fourth-order valence-corrected chi connectivity index (χ4v) is 4.13. The molecule has 0 radical (unpaired) electrons. The summed E-state index contributed by atoms with van der Waals surface area (Å²) < 4.78 is 24.9. The van der Waals surface area contributed by atoms with E-state index in [1.165, 1.54) is 12.1 Å². The van der Waals surface area contributed by atoms with Crippen LogP contribution < -0.4 is 10.5 Å². The molecule has 3 nitrogen and oxygen atoms in total. The van der Waals surface area contributed by atoms with Crippen molar-refractivity contribution < 1.29 is 13.9 Å². The Morgan fingerprint density at radius 2 is 2.37 bits per heavy atom. The van der Waals surface area contributed by atoms with Gasteiger partial charge < -0.3 is 15.2 Å². The first-order valence-corrected chi connectivity index (χ1v) is 7.76. The molecule has 0 bridgehead atoms. The molecule has 2 atom stereocenters. The van der Waals surface area contributed by atoms with E-state index in [0.29, 0.717) is 11.4 Å². The van der Waals surface area contributed by atoms with Crippen LogP contribution in [-0.2, 0) is 4.74 Å². The summed E-state index contributed by atoms with van der Waals surface area (Å²) in [6.45, 7) is 0.728. The van der Waals surface area contributed by atoms with Crippen LogP contribution in [0.1, 0.15) is 19.3 Å². The molecule has 2 unspecified atom stereocenters. The van der Waals surface area contributed by atoms with Gasteiger partial charge in [0.25, 0.3) is 0 Å². The number of rotatable bonds is 2. The van der Waals surface area contributed by atoms with Crippen molar-refractivity contribution >= 4 is 17.4 Å². The molecule has 0 saturated carbocycles. The molecule has 5 heteroatoms. The molecule has 2 heterocycles. The zero-order valence-electron chi connectivity index (χ0n) is 10.7. The van der Waals surface area contributed by atoms with Crippen LogP contribution in [0.25, 0.3) is 0 Å². The van der Waals surface area contributed by atoms with Crippen molar-refractivity contribution in [3.63, 3.8) is 0 Å². The molecule has 2 aliphatic heterocycles. The summed E-state index contributed by atoms with van der Waals surface area (Å²) in [7, 11) is 0. The van der Waals surface area contributed by atoms with Crippen molar-refractivity contribution in [1.29, 1.82) is 0 Å². The second-order valence-electron chi connectivity index (χ2n) is 5.25. The first-order valence-electron chi connectivity index (χ1n) is 6.60. The van der Waals surface area contributed by atoms with E-state index in [1.807, 2.05) is 11.8 Å². The van der Waals surface area contributed by atoms with Crippen LogP contribution in [0, 0.1) is 5.82 Å². The second kappa shape index (κ2) is 5.21. The van der Waals surface area contributed by atoms with Crippen LogP contribution in [0.15, 0.2) is 18.2 Å². The Labute approximate surface area is 116 Å². The van der Waals surface area contributed by atoms with Crippen molar-refractivity contribution in [1.82, 2.24) is 0 Å². The van der Waals surface area contributed by atoms with E-state index >= 15 is 0 Å². The van der Waals surface area contributed by atoms with Crippen LogP contribution in [-0.4, -0.2) is 29.8 Å². The number of hydrogen-bond donors (Lipinski definition) is 1. The zero-order valence-corrected chi connectivity index (χ0v) is 11.5. The van der Waals surface area contributed by atoms with E-state index in [4.69, 9.17) is 15.2 Å². The maximum Gasteiger partial charge on any atom is 0.142 e. The molecule has 19 heavy (non-hydrogen) atoms. The lowest BCUT2D eigenvalue weighted by molar-refractivity contribution is -0.0957. The smallest absolute Gasteiger partial charge is 0.142 e. The van der Waals surface area contributed by atoms with Gasteiger partial charge in [-0.3, -0.25) is 0 Å². The Morgan fingerprint density at radius 1 is 1.47 bits per heavy atom. The van der Waals surface area contributed by atoms with E-state index in [2.05, 4.69) is 0 Å². The van der Waals surface area contributed by atoms with Gasteiger partial charge in [-0.1, -0.05) is 0 Å². The molecule has 2 aliphatic rings. The lowest BCUT2D eigenvalue weighted by Crippen LogP contribution is -2.43. The zero-order chi connectivity index (χ0) is 13.3. The van der Waals surface area contributed by atoms with Crippen LogP contribution in [0.2, 0.25) is 0 Å². The largest absolute Gasteiger partial charge is 0.488 e. The molecule has 1 aromatic carbocycles. The van der Waals surface area contributed by atoms with Gasteiger partial charge in [-0.2, -0.15) is 11.8 Å². The Hall–Kier alpha value is -0.940. The summed E-state index contributed by atoms with van der Waals surface area (Å²) >= 11 is 1.94. The highest BCUT2D eigenvalue weighted by molar-refractivity contribution is 7.99. The number of anilines is 1. The molecule has 2 fully saturated rings. The van der Waals surface area contributed by atoms with Gasteiger partial charge in [0, 0.05) is 24.7 Å². The average molecular weight is 283 g/mol. The molecular weight excluding hydrogens is 265 g/mol. The number of halogens is 1. The first kappa shape index (κ1) is 13.1. The average Bonchev–Trinajstić information content (AvgIpc) is 2.81. The Balaban J connectivity index is 1.69. The number of hydrogen-bond acceptors (Lipinski definition) is 4. The van der Waals surface area contributed by atoms with Crippen LogP contribution in [0.4, 0.5) is 10.1 Å². The van der Waals surface area contributed by atoms with Crippen LogP contribution in [0.5, 0.6) is 5.75 Å². The summed E-state index contributed by atoms with van der Waals surface area (Å²) in [5.41, 5.74) is 6.13. The predicted molar refractivity (Wildman–Crippen MR) is 75.1 cm³/mol. The molecule has 0 aliphatic carbocycles. The topological polar surface area (TPSA) is 44.5 Å². The fraction of sp³-hybridized carbons (Fsp3) is 0.571. The highest BCUT2D eigenvalue weighted by Crippen LogP contribution is 2.39. The number of ether oxygens (including phenoxy) is 2. The Morgan fingerprint density at radius 3 is 3.11 bits per heavy atom. The second-order valence-corrected chi connectivity index (χ2v) is 6.35. The third-order valence-electron chi connectivity index (χ3n) is 3.78. The summed E-state index contributed by atoms with van der Waals surface area (Å²) in [4.78, 5) is 0. The lowest BCUT2D eigenvalue weighted by atomic mass is 9.91. The third kappa shape index (κ3) is 2.82. The molecule has 2 saturated heterocycles. The monoisotopic (exact) mass is 283 g/mol. The highest BCUT2D eigenvalue weighted by Gasteiger charge is 2.41. The Kier molecular flexibility index (Phi) is 3.58. The standard InChI is InChI=1S/C14H18FNO2S/c15-10-1-2-13(12(16)7-10)18-11-3-5-17-14(8-11)4-6-19-9-14/h1-2,7,11H,3-6,8-9,16H2. The minimum atomic E-state index is -0.333. The number of thioether (sulfide) groups is 1. The van der Waals surface area contributed by atoms with Gasteiger partial charge in [0.2, 0.25) is 0 Å². The number of benzene rings is 1. The molecule has 104 valence electrons. The number of nitrogens with two attached hydrogens (primary N) is 1. The summed E-state index contributed by atoms with van der Waals surface area (Å²) in [6.07, 6.45) is 2.97. The van der Waals surface area contributed by atoms with Gasteiger partial charge in [-0.05, 0) is 24.3 Å². The predicted octanol–water partition coefficient (Wildman–Crippen LogP) is 2.84. The molecular formula is C14H18FNO2S. The Bertz CT molecular complexity index is 463. The van der Waals surface area contributed by atoms with Gasteiger partial charge in [-0.25, -0.2) is 4.39 Å². The molecule has 0 amide bonds. The van der Waals surface area contributed by atoms with Crippen LogP contribution in [0.3, 0.4) is 0 Å². The number of nitrogen functional groups attached to an aromatic ring is 1. The van der Waals surface area contributed by atoms with E-state index in [1.54, 1.807) is 6.07 Å². The molecule has 0 aromatic heterocycles. The van der Waals surface area contributed by atoms with Crippen molar-refractivity contribution in [3.8, 4) is 5.75 Å². The van der Waals surface area contributed by atoms with Crippen molar-refractivity contribution in [2.24, 2.45) is 0 Å². The van der Waals surface area contributed by atoms with Crippen molar-refractivity contribution in [3.05, 3.63) is 24.0 Å². The molecule has 3 rings (SSSR count). The minimum Gasteiger partial charge on any atom is -0.488 e. The lowest BCUT2D eigenvalue weighted by Gasteiger charge is -2.37. The summed E-state index contributed by atoms with van der Waals surface area (Å²) in [6, 6.07) is 4.29. The first-order chi connectivity index (χ1) is 9.17.